The van der Waals surface area contributed by atoms with E-state index >= 15 is 0 Å². The number of nitrogens with two attached hydrogens (primary N) is 1. The predicted molar refractivity (Wildman–Crippen MR) is 119 cm³/mol. The molecule has 0 aromatic heterocycles. The summed E-state index contributed by atoms with van der Waals surface area (Å²) in [5.74, 6) is -0.520. The van der Waals surface area contributed by atoms with Crippen LogP contribution in [-0.2, 0) is 14.8 Å². The lowest BCUT2D eigenvalue weighted by Crippen LogP contribution is -2.35. The van der Waals surface area contributed by atoms with Gasteiger partial charge < -0.3 is 14.5 Å². The van der Waals surface area contributed by atoms with Gasteiger partial charge in [0.05, 0.1) is 4.90 Å². The van der Waals surface area contributed by atoms with Gasteiger partial charge in [-0.15, -0.1) is 13.2 Å². The molecule has 2 aromatic carbocycles. The predicted octanol–water partition coefficient (Wildman–Crippen LogP) is 2.48. The second kappa shape index (κ2) is 9.34. The van der Waals surface area contributed by atoms with Crippen LogP contribution in [-0.4, -0.2) is 62.6 Å². The van der Waals surface area contributed by atoms with Crippen molar-refractivity contribution in [2.24, 2.45) is 17.0 Å². The average molecular weight is 510 g/mol. The summed E-state index contributed by atoms with van der Waals surface area (Å²) < 4.78 is 63.3. The fourth-order valence-electron chi connectivity index (χ4n) is 4.36. The minimum Gasteiger partial charge on any atom is -0.406 e. The van der Waals surface area contributed by atoms with Crippen molar-refractivity contribution >= 4 is 27.9 Å². The number of ether oxygens (including phenoxy) is 1. The molecule has 0 bridgehead atoms. The normalized spacial score (nSPS) is 20.3. The van der Waals surface area contributed by atoms with Crippen molar-refractivity contribution in [1.29, 1.82) is 0 Å². The number of carbonyl (C=O) groups is 2. The van der Waals surface area contributed by atoms with Crippen molar-refractivity contribution in [3.63, 3.8) is 0 Å². The maximum absolute atomic E-state index is 12.8. The highest BCUT2D eigenvalue weighted by Gasteiger charge is 2.42. The number of primary sulfonamides is 1. The molecule has 2 aliphatic heterocycles. The van der Waals surface area contributed by atoms with Crippen molar-refractivity contribution in [3.05, 3.63) is 65.7 Å². The lowest BCUT2D eigenvalue weighted by molar-refractivity contribution is -0.274. The molecule has 0 spiro atoms. The summed E-state index contributed by atoms with van der Waals surface area (Å²) in [6, 6.07) is 10.6. The van der Waals surface area contributed by atoms with E-state index in [1.807, 2.05) is 0 Å². The average Bonchev–Trinajstić information content (AvgIpc) is 3.36. The second-order valence-electron chi connectivity index (χ2n) is 8.49. The highest BCUT2D eigenvalue weighted by atomic mass is 32.2. The van der Waals surface area contributed by atoms with Gasteiger partial charge in [0.25, 0.3) is 5.91 Å². The number of hydrogen-bond donors (Lipinski definition) is 1. The van der Waals surface area contributed by atoms with Gasteiger partial charge in [-0.2, -0.15) is 0 Å². The lowest BCUT2D eigenvalue weighted by Gasteiger charge is -2.21. The Bertz CT molecular complexity index is 1230. The summed E-state index contributed by atoms with van der Waals surface area (Å²) in [5.41, 5.74) is 0.914. The van der Waals surface area contributed by atoms with Crippen molar-refractivity contribution in [2.45, 2.75) is 11.3 Å². The summed E-state index contributed by atoms with van der Waals surface area (Å²) in [6.45, 7) is 1.93. The van der Waals surface area contributed by atoms with E-state index in [0.29, 0.717) is 37.3 Å². The van der Waals surface area contributed by atoms with Crippen LogP contribution in [0.2, 0.25) is 0 Å². The number of sulfonamides is 1. The molecule has 35 heavy (non-hydrogen) atoms. The number of halogens is 3. The number of hydrogen-bond acceptors (Lipinski definition) is 5. The Labute approximate surface area is 199 Å². The number of carbonyl (C=O) groups excluding carboxylic acids is 2. The van der Waals surface area contributed by atoms with Crippen LogP contribution < -0.4 is 9.88 Å². The molecule has 12 heteroatoms. The van der Waals surface area contributed by atoms with Crippen LogP contribution in [0.1, 0.15) is 15.9 Å². The molecule has 2 fully saturated rings. The van der Waals surface area contributed by atoms with E-state index in [1.54, 1.807) is 9.80 Å². The third-order valence-corrected chi connectivity index (χ3v) is 6.98. The van der Waals surface area contributed by atoms with Crippen LogP contribution in [0, 0.1) is 11.8 Å². The first-order chi connectivity index (χ1) is 16.4. The van der Waals surface area contributed by atoms with Crippen LogP contribution in [0.4, 0.5) is 13.2 Å². The number of nitrogens with zero attached hydrogens (tertiary/aromatic N) is 2. The SMILES string of the molecule is NS(=O)(=O)c1ccc(C(=O)N2C[C@@H]3CN(C(=O)/C=C/c4ccc(OC(F)(F)F)cc4)C[C@H]3C2)cc1. The fourth-order valence-corrected chi connectivity index (χ4v) is 4.88. The van der Waals surface area contributed by atoms with E-state index in [1.165, 1.54) is 60.7 Å². The summed E-state index contributed by atoms with van der Waals surface area (Å²) in [4.78, 5) is 28.7. The molecule has 0 saturated carbocycles. The minimum absolute atomic E-state index is 0.0693. The Balaban J connectivity index is 1.30. The van der Waals surface area contributed by atoms with Gasteiger partial charge in [-0.05, 0) is 48.0 Å². The number of likely N-dealkylation sites (tertiary alicyclic amines) is 2. The van der Waals surface area contributed by atoms with E-state index in [0.717, 1.165) is 0 Å². The Morgan fingerprint density at radius 2 is 1.46 bits per heavy atom. The highest BCUT2D eigenvalue weighted by Crippen LogP contribution is 2.32. The Morgan fingerprint density at radius 1 is 0.914 bits per heavy atom. The monoisotopic (exact) mass is 509 g/mol. The fraction of sp³-hybridized carbons (Fsp3) is 0.304. The maximum atomic E-state index is 12.8. The molecular weight excluding hydrogens is 487 g/mol. The zero-order valence-electron chi connectivity index (χ0n) is 18.3. The molecule has 2 atom stereocenters. The molecule has 2 amide bonds. The van der Waals surface area contributed by atoms with E-state index in [2.05, 4.69) is 4.74 Å². The smallest absolute Gasteiger partial charge is 0.406 e. The van der Waals surface area contributed by atoms with Crippen molar-refractivity contribution in [3.8, 4) is 5.75 Å². The van der Waals surface area contributed by atoms with Crippen molar-refractivity contribution < 1.29 is 35.9 Å². The van der Waals surface area contributed by atoms with Gasteiger partial charge in [-0.3, -0.25) is 9.59 Å². The first-order valence-corrected chi connectivity index (χ1v) is 12.2. The van der Waals surface area contributed by atoms with Crippen molar-refractivity contribution in [1.82, 2.24) is 9.80 Å². The Kier molecular flexibility index (Phi) is 6.60. The summed E-state index contributed by atoms with van der Waals surface area (Å²) >= 11 is 0. The molecule has 2 aromatic rings. The molecule has 2 aliphatic rings. The van der Waals surface area contributed by atoms with Crippen LogP contribution in [0.3, 0.4) is 0 Å². The lowest BCUT2D eigenvalue weighted by atomic mass is 10.0. The maximum Gasteiger partial charge on any atom is 0.573 e. The molecule has 0 radical (unpaired) electrons. The van der Waals surface area contributed by atoms with E-state index in [-0.39, 0.29) is 34.3 Å². The quantitative estimate of drug-likeness (QED) is 0.623. The molecule has 8 nitrogen and oxygen atoms in total. The number of benzene rings is 2. The van der Waals surface area contributed by atoms with E-state index in [9.17, 15) is 31.2 Å². The number of rotatable bonds is 5. The molecule has 2 saturated heterocycles. The third-order valence-electron chi connectivity index (χ3n) is 6.05. The molecule has 2 N–H and O–H groups in total. The minimum atomic E-state index is -4.76. The van der Waals surface area contributed by atoms with E-state index in [4.69, 9.17) is 5.14 Å². The summed E-state index contributed by atoms with van der Waals surface area (Å²) in [7, 11) is -3.84. The second-order valence-corrected chi connectivity index (χ2v) is 10.1. The summed E-state index contributed by atoms with van der Waals surface area (Å²) in [6.07, 6.45) is -1.87. The van der Waals surface area contributed by atoms with Gasteiger partial charge in [0, 0.05) is 49.7 Å². The number of amides is 2. The molecule has 2 heterocycles. The van der Waals surface area contributed by atoms with Gasteiger partial charge >= 0.3 is 6.36 Å². The van der Waals surface area contributed by atoms with Gasteiger partial charge in [0.1, 0.15) is 5.75 Å². The van der Waals surface area contributed by atoms with E-state index < -0.39 is 16.4 Å². The first kappa shape index (κ1) is 24.7. The zero-order chi connectivity index (χ0) is 25.4. The van der Waals surface area contributed by atoms with Crippen LogP contribution >= 0.6 is 0 Å². The largest absolute Gasteiger partial charge is 0.573 e. The molecular formula is C23H22F3N3O5S. The number of fused-ring (bicyclic) bond motifs is 1. The van der Waals surface area contributed by atoms with Crippen LogP contribution in [0.5, 0.6) is 5.75 Å². The number of alkyl halides is 3. The highest BCUT2D eigenvalue weighted by molar-refractivity contribution is 7.89. The van der Waals surface area contributed by atoms with Gasteiger partial charge in [-0.25, -0.2) is 13.6 Å². The molecule has 186 valence electrons. The standard InChI is InChI=1S/C23H22F3N3O5S/c24-23(25,26)34-19-6-1-15(2-7-19)3-10-21(30)28-11-17-13-29(14-18(17)12-28)22(31)16-4-8-20(9-5-16)35(27,32)33/h1-10,17-18H,11-14H2,(H2,27,32,33)/b10-3+/t17-,18-/m0/s1. The molecule has 0 aliphatic carbocycles. The summed E-state index contributed by atoms with van der Waals surface area (Å²) in [5, 5.41) is 5.08. The Morgan fingerprint density at radius 3 is 1.97 bits per heavy atom. The van der Waals surface area contributed by atoms with Gasteiger partial charge in [0.15, 0.2) is 0 Å². The third kappa shape index (κ3) is 6.01. The van der Waals surface area contributed by atoms with Crippen molar-refractivity contribution in [2.75, 3.05) is 26.2 Å². The zero-order valence-corrected chi connectivity index (χ0v) is 19.1. The Hall–Kier alpha value is -3.38. The first-order valence-electron chi connectivity index (χ1n) is 10.6. The molecule has 4 rings (SSSR count). The van der Waals surface area contributed by atoms with Crippen LogP contribution in [0.25, 0.3) is 6.08 Å². The molecule has 0 unspecified atom stereocenters. The van der Waals surface area contributed by atoms with Gasteiger partial charge in [-0.1, -0.05) is 12.1 Å². The van der Waals surface area contributed by atoms with Gasteiger partial charge in [0.2, 0.25) is 15.9 Å². The topological polar surface area (TPSA) is 110 Å². The van der Waals surface area contributed by atoms with Crippen LogP contribution in [0.15, 0.2) is 59.5 Å².